The van der Waals surface area contributed by atoms with Crippen LogP contribution in [0.15, 0.2) is 24.3 Å². The van der Waals surface area contributed by atoms with Crippen molar-refractivity contribution in [3.05, 3.63) is 34.8 Å². The first kappa shape index (κ1) is 13.4. The van der Waals surface area contributed by atoms with Crippen molar-refractivity contribution in [2.24, 2.45) is 0 Å². The maximum absolute atomic E-state index is 5.81. The predicted molar refractivity (Wildman–Crippen MR) is 83.2 cm³/mol. The number of thiazole rings is 1. The number of fused-ring (bicyclic) bond motifs is 1. The van der Waals surface area contributed by atoms with E-state index in [2.05, 4.69) is 29.3 Å². The third-order valence-electron chi connectivity index (χ3n) is 3.39. The first-order chi connectivity index (χ1) is 9.79. The molecule has 106 valence electrons. The van der Waals surface area contributed by atoms with Crippen LogP contribution in [0.2, 0.25) is 0 Å². The van der Waals surface area contributed by atoms with Crippen molar-refractivity contribution in [3.63, 3.8) is 0 Å². The van der Waals surface area contributed by atoms with Gasteiger partial charge in [-0.25, -0.2) is 4.98 Å². The molecule has 3 rings (SSSR count). The predicted octanol–water partition coefficient (Wildman–Crippen LogP) is 3.09. The fraction of sp³-hybridized carbons (Fsp3) is 0.400. The standard InChI is InChI=1S/C15H19N3OS/c1-11-14(10-16-2)20-15(17-11)18-8-5-9-19-13-7-4-3-6-12(13)18/h3-4,6-7,16H,5,8-10H2,1-2H3. The van der Waals surface area contributed by atoms with Crippen LogP contribution in [0.1, 0.15) is 17.0 Å². The van der Waals surface area contributed by atoms with Crippen LogP contribution in [-0.4, -0.2) is 25.2 Å². The number of nitrogens with one attached hydrogen (secondary N) is 1. The number of benzene rings is 1. The third-order valence-corrected chi connectivity index (χ3v) is 4.57. The van der Waals surface area contributed by atoms with Crippen molar-refractivity contribution in [2.75, 3.05) is 25.1 Å². The van der Waals surface area contributed by atoms with Crippen LogP contribution in [0, 0.1) is 6.92 Å². The molecule has 4 nitrogen and oxygen atoms in total. The van der Waals surface area contributed by atoms with Gasteiger partial charge in [-0.1, -0.05) is 23.5 Å². The molecule has 0 saturated carbocycles. The highest BCUT2D eigenvalue weighted by Crippen LogP contribution is 2.38. The van der Waals surface area contributed by atoms with E-state index in [1.54, 1.807) is 11.3 Å². The van der Waals surface area contributed by atoms with Crippen LogP contribution in [0.4, 0.5) is 10.8 Å². The van der Waals surface area contributed by atoms with Gasteiger partial charge in [0.05, 0.1) is 18.0 Å². The Morgan fingerprint density at radius 1 is 1.40 bits per heavy atom. The van der Waals surface area contributed by atoms with Gasteiger partial charge >= 0.3 is 0 Å². The van der Waals surface area contributed by atoms with E-state index < -0.39 is 0 Å². The monoisotopic (exact) mass is 289 g/mol. The number of nitrogens with zero attached hydrogens (tertiary/aromatic N) is 2. The fourth-order valence-electron chi connectivity index (χ4n) is 2.38. The number of hydrogen-bond donors (Lipinski definition) is 1. The van der Waals surface area contributed by atoms with Crippen LogP contribution in [0.5, 0.6) is 5.75 Å². The summed E-state index contributed by atoms with van der Waals surface area (Å²) >= 11 is 1.76. The molecular weight excluding hydrogens is 270 g/mol. The van der Waals surface area contributed by atoms with Gasteiger partial charge in [-0.15, -0.1) is 0 Å². The molecule has 0 radical (unpaired) electrons. The molecule has 0 fully saturated rings. The summed E-state index contributed by atoms with van der Waals surface area (Å²) in [4.78, 5) is 8.32. The maximum atomic E-state index is 5.81. The van der Waals surface area contributed by atoms with E-state index in [4.69, 9.17) is 9.72 Å². The summed E-state index contributed by atoms with van der Waals surface area (Å²) in [5.41, 5.74) is 2.23. The average molecular weight is 289 g/mol. The van der Waals surface area contributed by atoms with Gasteiger partial charge in [0.25, 0.3) is 0 Å². The molecule has 0 amide bonds. The van der Waals surface area contributed by atoms with Crippen LogP contribution < -0.4 is 15.0 Å². The van der Waals surface area contributed by atoms with E-state index >= 15 is 0 Å². The zero-order valence-corrected chi connectivity index (χ0v) is 12.7. The second kappa shape index (κ2) is 5.81. The topological polar surface area (TPSA) is 37.4 Å². The molecule has 2 aromatic rings. The summed E-state index contributed by atoms with van der Waals surface area (Å²) in [6.07, 6.45) is 1.01. The smallest absolute Gasteiger partial charge is 0.190 e. The molecule has 0 aliphatic carbocycles. The molecule has 0 atom stereocenters. The summed E-state index contributed by atoms with van der Waals surface area (Å²) in [6.45, 7) is 4.66. The van der Waals surface area contributed by atoms with Gasteiger partial charge in [0.15, 0.2) is 5.13 Å². The van der Waals surface area contributed by atoms with Crippen LogP contribution >= 0.6 is 11.3 Å². The largest absolute Gasteiger partial charge is 0.491 e. The second-order valence-electron chi connectivity index (χ2n) is 4.86. The molecule has 0 bridgehead atoms. The molecule has 20 heavy (non-hydrogen) atoms. The Bertz CT molecular complexity index is 597. The van der Waals surface area contributed by atoms with Crippen molar-refractivity contribution < 1.29 is 4.74 Å². The van der Waals surface area contributed by atoms with E-state index in [0.29, 0.717) is 0 Å². The minimum atomic E-state index is 0.765. The Morgan fingerprint density at radius 3 is 3.10 bits per heavy atom. The van der Waals surface area contributed by atoms with Gasteiger partial charge in [-0.2, -0.15) is 0 Å². The molecule has 1 aliphatic rings. The molecule has 1 aromatic carbocycles. The lowest BCUT2D eigenvalue weighted by atomic mass is 10.2. The number of ether oxygens (including phenoxy) is 1. The van der Waals surface area contributed by atoms with Gasteiger partial charge in [0.1, 0.15) is 5.75 Å². The lowest BCUT2D eigenvalue weighted by molar-refractivity contribution is 0.322. The van der Waals surface area contributed by atoms with Crippen LogP contribution in [-0.2, 0) is 6.54 Å². The second-order valence-corrected chi connectivity index (χ2v) is 5.92. The van der Waals surface area contributed by atoms with Gasteiger partial charge in [0, 0.05) is 18.0 Å². The van der Waals surface area contributed by atoms with E-state index in [1.165, 1.54) is 4.88 Å². The third kappa shape index (κ3) is 2.51. The zero-order valence-electron chi connectivity index (χ0n) is 11.8. The molecule has 1 N–H and O–H groups in total. The van der Waals surface area contributed by atoms with E-state index in [9.17, 15) is 0 Å². The minimum absolute atomic E-state index is 0.765. The Balaban J connectivity index is 1.99. The van der Waals surface area contributed by atoms with Crippen molar-refractivity contribution in [2.45, 2.75) is 19.9 Å². The first-order valence-electron chi connectivity index (χ1n) is 6.90. The highest BCUT2D eigenvalue weighted by Gasteiger charge is 2.21. The quantitative estimate of drug-likeness (QED) is 0.942. The SMILES string of the molecule is CNCc1sc(N2CCCOc3ccccc32)nc1C. The summed E-state index contributed by atoms with van der Waals surface area (Å²) in [6, 6.07) is 8.20. The Kier molecular flexibility index (Phi) is 3.89. The van der Waals surface area contributed by atoms with Gasteiger partial charge in [0.2, 0.25) is 0 Å². The number of rotatable bonds is 3. The Labute approximate surface area is 123 Å². The molecular formula is C15H19N3OS. The maximum Gasteiger partial charge on any atom is 0.190 e. The highest BCUT2D eigenvalue weighted by atomic mass is 32.1. The van der Waals surface area contributed by atoms with E-state index in [-0.39, 0.29) is 0 Å². The van der Waals surface area contributed by atoms with Gasteiger partial charge < -0.3 is 15.0 Å². The van der Waals surface area contributed by atoms with Crippen LogP contribution in [0.25, 0.3) is 0 Å². The van der Waals surface area contributed by atoms with Gasteiger partial charge in [-0.3, -0.25) is 0 Å². The van der Waals surface area contributed by atoms with Crippen molar-refractivity contribution in [1.82, 2.24) is 10.3 Å². The Hall–Kier alpha value is -1.59. The summed E-state index contributed by atoms with van der Waals surface area (Å²) in [5, 5.41) is 4.26. The van der Waals surface area contributed by atoms with E-state index in [0.717, 1.165) is 48.4 Å². The highest BCUT2D eigenvalue weighted by molar-refractivity contribution is 7.15. The fourth-order valence-corrected chi connectivity index (χ4v) is 3.49. The van der Waals surface area contributed by atoms with E-state index in [1.807, 2.05) is 19.2 Å². The number of para-hydroxylation sites is 2. The normalized spacial score (nSPS) is 14.6. The van der Waals surface area contributed by atoms with Gasteiger partial charge in [-0.05, 0) is 32.5 Å². The Morgan fingerprint density at radius 2 is 2.25 bits per heavy atom. The first-order valence-corrected chi connectivity index (χ1v) is 7.71. The lowest BCUT2D eigenvalue weighted by Crippen LogP contribution is -2.17. The van der Waals surface area contributed by atoms with Crippen molar-refractivity contribution in [3.8, 4) is 5.75 Å². The van der Waals surface area contributed by atoms with Crippen molar-refractivity contribution in [1.29, 1.82) is 0 Å². The minimum Gasteiger partial charge on any atom is -0.491 e. The number of anilines is 2. The molecule has 1 aromatic heterocycles. The molecule has 5 heteroatoms. The zero-order chi connectivity index (χ0) is 13.9. The molecule has 0 unspecified atom stereocenters. The summed E-state index contributed by atoms with van der Waals surface area (Å²) < 4.78 is 5.81. The lowest BCUT2D eigenvalue weighted by Gasteiger charge is -2.20. The molecule has 1 aliphatic heterocycles. The van der Waals surface area contributed by atoms with Crippen molar-refractivity contribution >= 4 is 22.2 Å². The molecule has 2 heterocycles. The summed E-state index contributed by atoms with van der Waals surface area (Å²) in [5.74, 6) is 0.952. The number of aryl methyl sites for hydroxylation is 1. The van der Waals surface area contributed by atoms with Crippen LogP contribution in [0.3, 0.4) is 0 Å². The number of hydrogen-bond acceptors (Lipinski definition) is 5. The molecule has 0 saturated heterocycles. The number of aromatic nitrogens is 1. The molecule has 0 spiro atoms. The average Bonchev–Trinajstić information content (AvgIpc) is 2.70. The summed E-state index contributed by atoms with van der Waals surface area (Å²) in [7, 11) is 1.97.